The maximum atomic E-state index is 5.51. The minimum absolute atomic E-state index is 0.117. The summed E-state index contributed by atoms with van der Waals surface area (Å²) >= 11 is 1.63. The summed E-state index contributed by atoms with van der Waals surface area (Å²) in [5.41, 5.74) is 3.82. The van der Waals surface area contributed by atoms with Gasteiger partial charge in [0.2, 0.25) is 0 Å². The van der Waals surface area contributed by atoms with Gasteiger partial charge in [0.25, 0.3) is 0 Å². The molecule has 0 aliphatic heterocycles. The normalized spacial score (nSPS) is 13.3. The molecule has 94 valence electrons. The van der Waals surface area contributed by atoms with Gasteiger partial charge in [-0.3, -0.25) is 15.7 Å². The molecule has 0 saturated carbocycles. The lowest BCUT2D eigenvalue weighted by atomic mass is 10.2. The van der Waals surface area contributed by atoms with Crippen molar-refractivity contribution in [1.82, 2.24) is 14.8 Å². The van der Waals surface area contributed by atoms with E-state index in [1.165, 1.54) is 0 Å². The Balaban J connectivity index is 1.91. The number of hydrazine groups is 1. The minimum Gasteiger partial charge on any atom is -0.380 e. The average molecular weight is 254 g/mol. The van der Waals surface area contributed by atoms with Crippen LogP contribution < -0.4 is 11.3 Å². The van der Waals surface area contributed by atoms with Crippen molar-refractivity contribution < 1.29 is 4.74 Å². The van der Waals surface area contributed by atoms with E-state index in [1.807, 2.05) is 22.2 Å². The standard InChI is InChI=1S/C11H18N4OS/c1-2-4-16-8-10(14-12)6-9-7-15-3-5-17-11(15)13-9/h3,5,7,10,14H,2,4,6,8,12H2,1H3. The third-order valence-corrected chi connectivity index (χ3v) is 3.27. The van der Waals surface area contributed by atoms with E-state index in [2.05, 4.69) is 17.3 Å². The van der Waals surface area contributed by atoms with Gasteiger partial charge >= 0.3 is 0 Å². The molecule has 0 saturated heterocycles. The number of thiazole rings is 1. The number of fused-ring (bicyclic) bond motifs is 1. The second kappa shape index (κ2) is 6.11. The molecule has 2 aromatic rings. The van der Waals surface area contributed by atoms with Crippen molar-refractivity contribution in [3.63, 3.8) is 0 Å². The molecule has 0 aromatic carbocycles. The van der Waals surface area contributed by atoms with Gasteiger partial charge in [0.05, 0.1) is 18.3 Å². The summed E-state index contributed by atoms with van der Waals surface area (Å²) in [7, 11) is 0. The maximum Gasteiger partial charge on any atom is 0.193 e. The van der Waals surface area contributed by atoms with Gasteiger partial charge in [-0.05, 0) is 6.42 Å². The summed E-state index contributed by atoms with van der Waals surface area (Å²) < 4.78 is 7.52. The van der Waals surface area contributed by atoms with Crippen LogP contribution in [0.15, 0.2) is 17.8 Å². The zero-order valence-electron chi connectivity index (χ0n) is 9.93. The lowest BCUT2D eigenvalue weighted by molar-refractivity contribution is 0.111. The van der Waals surface area contributed by atoms with Gasteiger partial charge in [-0.15, -0.1) is 11.3 Å². The Kier molecular flexibility index (Phi) is 4.49. The van der Waals surface area contributed by atoms with Crippen molar-refractivity contribution in [2.75, 3.05) is 13.2 Å². The molecule has 0 aliphatic carbocycles. The van der Waals surface area contributed by atoms with E-state index < -0.39 is 0 Å². The SMILES string of the molecule is CCCOCC(Cc1cn2ccsc2n1)NN. The highest BCUT2D eigenvalue weighted by Gasteiger charge is 2.11. The molecule has 0 spiro atoms. The lowest BCUT2D eigenvalue weighted by Crippen LogP contribution is -2.40. The van der Waals surface area contributed by atoms with Gasteiger partial charge in [-0.2, -0.15) is 0 Å². The zero-order valence-corrected chi connectivity index (χ0v) is 10.7. The van der Waals surface area contributed by atoms with Crippen LogP contribution in [0.3, 0.4) is 0 Å². The third kappa shape index (κ3) is 3.26. The second-order valence-electron chi connectivity index (χ2n) is 3.97. The lowest BCUT2D eigenvalue weighted by Gasteiger charge is -2.14. The first-order chi connectivity index (χ1) is 8.33. The first kappa shape index (κ1) is 12.5. The van der Waals surface area contributed by atoms with Crippen molar-refractivity contribution in [2.45, 2.75) is 25.8 Å². The number of hydrogen-bond donors (Lipinski definition) is 2. The van der Waals surface area contributed by atoms with Crippen LogP contribution in [0, 0.1) is 0 Å². The Labute approximate surface area is 105 Å². The maximum absolute atomic E-state index is 5.51. The van der Waals surface area contributed by atoms with E-state index in [9.17, 15) is 0 Å². The van der Waals surface area contributed by atoms with Crippen molar-refractivity contribution in [3.8, 4) is 0 Å². The monoisotopic (exact) mass is 254 g/mol. The quantitative estimate of drug-likeness (QED) is 0.443. The first-order valence-electron chi connectivity index (χ1n) is 5.78. The number of nitrogens with two attached hydrogens (primary N) is 1. The molecule has 2 heterocycles. The highest BCUT2D eigenvalue weighted by molar-refractivity contribution is 7.15. The van der Waals surface area contributed by atoms with Gasteiger partial charge < -0.3 is 4.74 Å². The summed E-state index contributed by atoms with van der Waals surface area (Å²) in [5, 5.41) is 2.02. The molecule has 1 atom stereocenters. The largest absolute Gasteiger partial charge is 0.380 e. The Morgan fingerprint density at radius 3 is 3.24 bits per heavy atom. The molecule has 3 N–H and O–H groups in total. The van der Waals surface area contributed by atoms with Gasteiger partial charge in [0, 0.05) is 30.8 Å². The molecule has 0 radical (unpaired) electrons. The summed E-state index contributed by atoms with van der Waals surface area (Å²) in [6, 6.07) is 0.117. The van der Waals surface area contributed by atoms with E-state index in [-0.39, 0.29) is 6.04 Å². The molecule has 6 heteroatoms. The van der Waals surface area contributed by atoms with Crippen molar-refractivity contribution in [1.29, 1.82) is 0 Å². The number of ether oxygens (including phenoxy) is 1. The second-order valence-corrected chi connectivity index (χ2v) is 4.84. The fourth-order valence-electron chi connectivity index (χ4n) is 1.66. The van der Waals surface area contributed by atoms with Gasteiger partial charge in [0.1, 0.15) is 0 Å². The fraction of sp³-hybridized carbons (Fsp3) is 0.545. The molecule has 1 unspecified atom stereocenters. The number of nitrogens with one attached hydrogen (secondary N) is 1. The van der Waals surface area contributed by atoms with Crippen molar-refractivity contribution >= 4 is 16.3 Å². The van der Waals surface area contributed by atoms with Crippen LogP contribution in [-0.2, 0) is 11.2 Å². The molecule has 0 amide bonds. The van der Waals surface area contributed by atoms with Crippen LogP contribution >= 0.6 is 11.3 Å². The van der Waals surface area contributed by atoms with Crippen LogP contribution in [0.2, 0.25) is 0 Å². The first-order valence-corrected chi connectivity index (χ1v) is 6.66. The molecule has 0 aliphatic rings. The van der Waals surface area contributed by atoms with E-state index in [0.717, 1.165) is 30.1 Å². The molecule has 17 heavy (non-hydrogen) atoms. The van der Waals surface area contributed by atoms with E-state index >= 15 is 0 Å². The Morgan fingerprint density at radius 2 is 2.53 bits per heavy atom. The fourth-order valence-corrected chi connectivity index (χ4v) is 2.38. The number of hydrogen-bond acceptors (Lipinski definition) is 5. The summed E-state index contributed by atoms with van der Waals surface area (Å²) in [4.78, 5) is 5.54. The van der Waals surface area contributed by atoms with Gasteiger partial charge in [-0.1, -0.05) is 6.92 Å². The molecular weight excluding hydrogens is 236 g/mol. The van der Waals surface area contributed by atoms with Crippen LogP contribution in [0.4, 0.5) is 0 Å². The van der Waals surface area contributed by atoms with E-state index in [0.29, 0.717) is 6.61 Å². The van der Waals surface area contributed by atoms with Crippen LogP contribution in [0.25, 0.3) is 4.96 Å². The molecule has 5 nitrogen and oxygen atoms in total. The highest BCUT2D eigenvalue weighted by Crippen LogP contribution is 2.12. The zero-order chi connectivity index (χ0) is 12.1. The number of nitrogens with zero attached hydrogens (tertiary/aromatic N) is 2. The summed E-state index contributed by atoms with van der Waals surface area (Å²) in [5.74, 6) is 5.51. The number of rotatable bonds is 7. The summed E-state index contributed by atoms with van der Waals surface area (Å²) in [6.45, 7) is 3.49. The number of aromatic nitrogens is 2. The molecule has 0 bridgehead atoms. The molecular formula is C11H18N4OS. The van der Waals surface area contributed by atoms with Crippen molar-refractivity contribution in [2.24, 2.45) is 5.84 Å². The summed E-state index contributed by atoms with van der Waals surface area (Å²) in [6.07, 6.45) is 5.86. The molecule has 2 rings (SSSR count). The number of imidazole rings is 1. The average Bonchev–Trinajstić information content (AvgIpc) is 2.88. The molecule has 0 fully saturated rings. The van der Waals surface area contributed by atoms with Gasteiger partial charge in [0.15, 0.2) is 4.96 Å². The van der Waals surface area contributed by atoms with Crippen molar-refractivity contribution in [3.05, 3.63) is 23.5 Å². The Morgan fingerprint density at radius 1 is 1.65 bits per heavy atom. The smallest absolute Gasteiger partial charge is 0.193 e. The molecule has 2 aromatic heterocycles. The Hall–Kier alpha value is -0.950. The van der Waals surface area contributed by atoms with E-state index in [4.69, 9.17) is 10.6 Å². The third-order valence-electron chi connectivity index (χ3n) is 2.50. The topological polar surface area (TPSA) is 64.6 Å². The van der Waals surface area contributed by atoms with E-state index in [1.54, 1.807) is 11.3 Å². The predicted molar refractivity (Wildman–Crippen MR) is 69.0 cm³/mol. The van der Waals surface area contributed by atoms with Crippen LogP contribution in [0.5, 0.6) is 0 Å². The predicted octanol–water partition coefficient (Wildman–Crippen LogP) is 1.20. The van der Waals surface area contributed by atoms with Crippen LogP contribution in [-0.4, -0.2) is 28.6 Å². The van der Waals surface area contributed by atoms with Gasteiger partial charge in [-0.25, -0.2) is 4.98 Å². The Bertz CT molecular complexity index is 424. The highest BCUT2D eigenvalue weighted by atomic mass is 32.1. The van der Waals surface area contributed by atoms with Crippen LogP contribution in [0.1, 0.15) is 19.0 Å². The minimum atomic E-state index is 0.117.